The van der Waals surface area contributed by atoms with E-state index >= 15 is 0 Å². The van der Waals surface area contributed by atoms with Crippen LogP contribution in [0.2, 0.25) is 0 Å². The molecule has 0 aromatic heterocycles. The SMILES string of the molecule is C=N/C(N[C@H](C)COC)=C(/C)C(C)=N. The summed E-state index contributed by atoms with van der Waals surface area (Å²) in [5, 5.41) is 10.6. The van der Waals surface area contributed by atoms with Gasteiger partial charge < -0.3 is 15.5 Å². The Morgan fingerprint density at radius 2 is 2.14 bits per heavy atom. The summed E-state index contributed by atoms with van der Waals surface area (Å²) in [7, 11) is 1.65. The number of allylic oxidation sites excluding steroid dienone is 1. The number of rotatable bonds is 6. The average molecular weight is 197 g/mol. The van der Waals surface area contributed by atoms with E-state index < -0.39 is 0 Å². The Morgan fingerprint density at radius 1 is 1.57 bits per heavy atom. The molecule has 0 aliphatic heterocycles. The Balaban J connectivity index is 4.50. The first-order valence-corrected chi connectivity index (χ1v) is 4.51. The van der Waals surface area contributed by atoms with Crippen molar-refractivity contribution in [3.8, 4) is 0 Å². The van der Waals surface area contributed by atoms with Crippen molar-refractivity contribution in [1.29, 1.82) is 5.41 Å². The van der Waals surface area contributed by atoms with Crippen LogP contribution in [0.5, 0.6) is 0 Å². The van der Waals surface area contributed by atoms with E-state index in [1.165, 1.54) is 0 Å². The first-order chi connectivity index (χ1) is 6.52. The van der Waals surface area contributed by atoms with E-state index in [1.807, 2.05) is 13.8 Å². The number of aliphatic imine (C=N–C) groups is 1. The van der Waals surface area contributed by atoms with Gasteiger partial charge in [-0.05, 0) is 27.5 Å². The van der Waals surface area contributed by atoms with Gasteiger partial charge in [0.1, 0.15) is 5.82 Å². The van der Waals surface area contributed by atoms with Crippen molar-refractivity contribution in [3.05, 3.63) is 11.4 Å². The van der Waals surface area contributed by atoms with Gasteiger partial charge in [0.25, 0.3) is 0 Å². The van der Waals surface area contributed by atoms with Crippen LogP contribution in [0.1, 0.15) is 20.8 Å². The topological polar surface area (TPSA) is 57.5 Å². The molecule has 0 saturated heterocycles. The van der Waals surface area contributed by atoms with E-state index in [9.17, 15) is 0 Å². The molecule has 0 aromatic carbocycles. The number of hydrogen-bond donors (Lipinski definition) is 2. The lowest BCUT2D eigenvalue weighted by Gasteiger charge is -2.16. The molecule has 2 N–H and O–H groups in total. The second-order valence-corrected chi connectivity index (χ2v) is 3.26. The van der Waals surface area contributed by atoms with Crippen LogP contribution in [-0.2, 0) is 4.74 Å². The summed E-state index contributed by atoms with van der Waals surface area (Å²) in [6.45, 7) is 9.63. The summed E-state index contributed by atoms with van der Waals surface area (Å²) in [6, 6.07) is 0.162. The van der Waals surface area contributed by atoms with E-state index in [0.717, 1.165) is 5.57 Å². The Labute approximate surface area is 85.6 Å². The minimum atomic E-state index is 0.162. The maximum absolute atomic E-state index is 7.46. The summed E-state index contributed by atoms with van der Waals surface area (Å²) < 4.78 is 4.99. The van der Waals surface area contributed by atoms with E-state index in [-0.39, 0.29) is 6.04 Å². The molecular weight excluding hydrogens is 178 g/mol. The highest BCUT2D eigenvalue weighted by Gasteiger charge is 2.06. The lowest BCUT2D eigenvalue weighted by Crippen LogP contribution is -2.30. The van der Waals surface area contributed by atoms with Crippen LogP contribution in [0.3, 0.4) is 0 Å². The fourth-order valence-corrected chi connectivity index (χ4v) is 0.975. The number of nitrogens with zero attached hydrogens (tertiary/aromatic N) is 1. The molecule has 0 radical (unpaired) electrons. The summed E-state index contributed by atoms with van der Waals surface area (Å²) in [6.07, 6.45) is 0. The Hall–Kier alpha value is -1.16. The minimum Gasteiger partial charge on any atom is -0.383 e. The molecule has 4 heteroatoms. The van der Waals surface area contributed by atoms with E-state index in [0.29, 0.717) is 18.1 Å². The maximum atomic E-state index is 7.46. The van der Waals surface area contributed by atoms with Crippen LogP contribution >= 0.6 is 0 Å². The van der Waals surface area contributed by atoms with Gasteiger partial charge in [0.15, 0.2) is 0 Å². The summed E-state index contributed by atoms with van der Waals surface area (Å²) >= 11 is 0. The van der Waals surface area contributed by atoms with Crippen LogP contribution in [0.25, 0.3) is 0 Å². The molecule has 0 saturated carbocycles. The first-order valence-electron chi connectivity index (χ1n) is 4.51. The third kappa shape index (κ3) is 4.18. The average Bonchev–Trinajstić information content (AvgIpc) is 2.13. The lowest BCUT2D eigenvalue weighted by atomic mass is 10.2. The Bertz CT molecular complexity index is 246. The Morgan fingerprint density at radius 3 is 2.50 bits per heavy atom. The van der Waals surface area contributed by atoms with Crippen molar-refractivity contribution < 1.29 is 4.74 Å². The van der Waals surface area contributed by atoms with Crippen molar-refractivity contribution in [2.45, 2.75) is 26.8 Å². The zero-order chi connectivity index (χ0) is 11.1. The van der Waals surface area contributed by atoms with Crippen LogP contribution in [0.15, 0.2) is 16.4 Å². The second kappa shape index (κ2) is 6.32. The third-order valence-electron chi connectivity index (χ3n) is 1.88. The Kier molecular flexibility index (Phi) is 5.79. The van der Waals surface area contributed by atoms with Gasteiger partial charge >= 0.3 is 0 Å². The van der Waals surface area contributed by atoms with Crippen molar-refractivity contribution in [1.82, 2.24) is 5.32 Å². The quantitative estimate of drug-likeness (QED) is 0.635. The maximum Gasteiger partial charge on any atom is 0.130 e. The molecule has 4 nitrogen and oxygen atoms in total. The fourth-order valence-electron chi connectivity index (χ4n) is 0.975. The van der Waals surface area contributed by atoms with Gasteiger partial charge in [-0.3, -0.25) is 0 Å². The molecular formula is C10H19N3O. The highest BCUT2D eigenvalue weighted by molar-refractivity contribution is 5.95. The molecule has 0 amide bonds. The molecule has 0 aliphatic rings. The first kappa shape index (κ1) is 12.8. The normalized spacial score (nSPS) is 14.3. The standard InChI is InChI=1S/C10H19N3O/c1-7(6-14-5)13-10(12-4)8(2)9(3)11/h7,11,13H,4,6H2,1-3,5H3/b10-8+,11-9?/t7-/m1/s1. The van der Waals surface area contributed by atoms with Crippen LogP contribution in [0.4, 0.5) is 0 Å². The van der Waals surface area contributed by atoms with Crippen molar-refractivity contribution >= 4 is 12.4 Å². The van der Waals surface area contributed by atoms with Gasteiger partial charge in [0.05, 0.1) is 6.61 Å². The number of methoxy groups -OCH3 is 1. The fraction of sp³-hybridized carbons (Fsp3) is 0.600. The van der Waals surface area contributed by atoms with Crippen molar-refractivity contribution in [3.63, 3.8) is 0 Å². The van der Waals surface area contributed by atoms with E-state index in [4.69, 9.17) is 10.1 Å². The molecule has 0 spiro atoms. The molecule has 0 rings (SSSR count). The number of ether oxygens (including phenoxy) is 1. The molecule has 1 atom stereocenters. The molecule has 80 valence electrons. The number of hydrogen-bond acceptors (Lipinski definition) is 4. The summed E-state index contributed by atoms with van der Waals surface area (Å²) in [5.74, 6) is 0.655. The van der Waals surface area contributed by atoms with Gasteiger partial charge in [-0.25, -0.2) is 4.99 Å². The smallest absolute Gasteiger partial charge is 0.130 e. The minimum absolute atomic E-state index is 0.162. The van der Waals surface area contributed by atoms with Crippen molar-refractivity contribution in [2.24, 2.45) is 4.99 Å². The summed E-state index contributed by atoms with van der Waals surface area (Å²) in [4.78, 5) is 3.85. The molecule has 0 heterocycles. The van der Waals surface area contributed by atoms with E-state index in [1.54, 1.807) is 14.0 Å². The molecule has 0 fully saturated rings. The van der Waals surface area contributed by atoms with Gasteiger partial charge in [0.2, 0.25) is 0 Å². The van der Waals surface area contributed by atoms with Crippen molar-refractivity contribution in [2.75, 3.05) is 13.7 Å². The molecule has 0 unspecified atom stereocenters. The lowest BCUT2D eigenvalue weighted by molar-refractivity contribution is 0.176. The second-order valence-electron chi connectivity index (χ2n) is 3.26. The zero-order valence-electron chi connectivity index (χ0n) is 9.35. The van der Waals surface area contributed by atoms with Crippen LogP contribution in [0, 0.1) is 5.41 Å². The van der Waals surface area contributed by atoms with Gasteiger partial charge in [0, 0.05) is 24.4 Å². The van der Waals surface area contributed by atoms with Gasteiger partial charge in [-0.15, -0.1) is 0 Å². The highest BCUT2D eigenvalue weighted by Crippen LogP contribution is 2.04. The highest BCUT2D eigenvalue weighted by atomic mass is 16.5. The third-order valence-corrected chi connectivity index (χ3v) is 1.88. The molecule has 0 aromatic rings. The largest absolute Gasteiger partial charge is 0.383 e. The van der Waals surface area contributed by atoms with E-state index in [2.05, 4.69) is 17.0 Å². The molecule has 14 heavy (non-hydrogen) atoms. The predicted molar refractivity (Wildman–Crippen MR) is 60.1 cm³/mol. The van der Waals surface area contributed by atoms with Gasteiger partial charge in [-0.1, -0.05) is 0 Å². The van der Waals surface area contributed by atoms with Crippen LogP contribution in [-0.4, -0.2) is 32.2 Å². The van der Waals surface area contributed by atoms with Crippen LogP contribution < -0.4 is 5.32 Å². The molecule has 0 aliphatic carbocycles. The zero-order valence-corrected chi connectivity index (χ0v) is 9.35. The molecule has 0 bridgehead atoms. The number of nitrogens with one attached hydrogen (secondary N) is 2. The predicted octanol–water partition coefficient (Wildman–Crippen LogP) is 1.58. The summed E-state index contributed by atoms with van der Waals surface area (Å²) in [5.41, 5.74) is 1.30. The van der Waals surface area contributed by atoms with Gasteiger partial charge in [-0.2, -0.15) is 0 Å². The monoisotopic (exact) mass is 197 g/mol.